The highest BCUT2D eigenvalue weighted by Gasteiger charge is 2.19. The van der Waals surface area contributed by atoms with Crippen LogP contribution < -0.4 is 10.2 Å². The summed E-state index contributed by atoms with van der Waals surface area (Å²) in [4.78, 5) is 7.28. The molecule has 1 aromatic rings. The first-order valence-electron chi connectivity index (χ1n) is 8.35. The third-order valence-corrected chi connectivity index (χ3v) is 4.51. The highest BCUT2D eigenvalue weighted by atomic mass is 15.2. The van der Waals surface area contributed by atoms with Gasteiger partial charge in [0, 0.05) is 30.9 Å². The molecule has 0 unspecified atom stereocenters. The van der Waals surface area contributed by atoms with Crippen molar-refractivity contribution >= 4 is 5.82 Å². The minimum absolute atomic E-state index is 0.146. The maximum absolute atomic E-state index is 4.83. The number of hydrogen-bond acceptors (Lipinski definition) is 3. The molecule has 3 nitrogen and oxygen atoms in total. The van der Waals surface area contributed by atoms with Crippen molar-refractivity contribution in [3.63, 3.8) is 0 Å². The van der Waals surface area contributed by atoms with Gasteiger partial charge >= 0.3 is 0 Å². The molecule has 0 radical (unpaired) electrons. The summed E-state index contributed by atoms with van der Waals surface area (Å²) in [6.45, 7) is 14.2. The SMILES string of the molecule is CCC1CCN(c2ccc(CNC(C)(C)C)c(C)n2)CC1. The molecule has 1 N–H and O–H groups in total. The lowest BCUT2D eigenvalue weighted by Gasteiger charge is -2.32. The summed E-state index contributed by atoms with van der Waals surface area (Å²) in [5, 5.41) is 3.54. The number of piperidine rings is 1. The first-order chi connectivity index (χ1) is 9.89. The van der Waals surface area contributed by atoms with Crippen molar-refractivity contribution in [1.29, 1.82) is 0 Å². The fourth-order valence-corrected chi connectivity index (χ4v) is 2.87. The summed E-state index contributed by atoms with van der Waals surface area (Å²) < 4.78 is 0. The Labute approximate surface area is 130 Å². The van der Waals surface area contributed by atoms with Gasteiger partial charge in [-0.3, -0.25) is 0 Å². The Morgan fingerprint density at radius 2 is 1.90 bits per heavy atom. The third kappa shape index (κ3) is 4.70. The van der Waals surface area contributed by atoms with Crippen LogP contribution in [-0.2, 0) is 6.54 Å². The Balaban J connectivity index is 1.99. The Morgan fingerprint density at radius 3 is 2.43 bits per heavy atom. The van der Waals surface area contributed by atoms with Gasteiger partial charge in [-0.2, -0.15) is 0 Å². The molecule has 2 rings (SSSR count). The second-order valence-electron chi connectivity index (χ2n) is 7.36. The van der Waals surface area contributed by atoms with E-state index in [1.165, 1.54) is 24.8 Å². The quantitative estimate of drug-likeness (QED) is 0.911. The van der Waals surface area contributed by atoms with Gasteiger partial charge in [-0.05, 0) is 58.1 Å². The van der Waals surface area contributed by atoms with E-state index in [1.807, 2.05) is 0 Å². The molecular formula is C18H31N3. The van der Waals surface area contributed by atoms with Gasteiger partial charge < -0.3 is 10.2 Å². The van der Waals surface area contributed by atoms with Gasteiger partial charge in [-0.1, -0.05) is 19.4 Å². The molecule has 1 aliphatic rings. The van der Waals surface area contributed by atoms with Gasteiger partial charge in [0.1, 0.15) is 5.82 Å². The lowest BCUT2D eigenvalue weighted by molar-refractivity contribution is 0.393. The van der Waals surface area contributed by atoms with Gasteiger partial charge in [-0.15, -0.1) is 0 Å². The number of nitrogens with zero attached hydrogens (tertiary/aromatic N) is 2. The van der Waals surface area contributed by atoms with Crippen LogP contribution in [0.15, 0.2) is 12.1 Å². The first kappa shape index (κ1) is 16.3. The van der Waals surface area contributed by atoms with Gasteiger partial charge in [-0.25, -0.2) is 4.98 Å². The summed E-state index contributed by atoms with van der Waals surface area (Å²) in [5.74, 6) is 2.07. The van der Waals surface area contributed by atoms with Crippen molar-refractivity contribution in [3.05, 3.63) is 23.4 Å². The van der Waals surface area contributed by atoms with E-state index in [1.54, 1.807) is 0 Å². The normalized spacial score (nSPS) is 17.3. The molecule has 21 heavy (non-hydrogen) atoms. The van der Waals surface area contributed by atoms with Gasteiger partial charge in [0.25, 0.3) is 0 Å². The number of pyridine rings is 1. The minimum Gasteiger partial charge on any atom is -0.357 e. The number of rotatable bonds is 4. The van der Waals surface area contributed by atoms with E-state index >= 15 is 0 Å². The number of nitrogens with one attached hydrogen (secondary N) is 1. The van der Waals surface area contributed by atoms with Crippen molar-refractivity contribution in [1.82, 2.24) is 10.3 Å². The van der Waals surface area contributed by atoms with E-state index in [0.717, 1.165) is 37.1 Å². The Hall–Kier alpha value is -1.09. The second-order valence-corrected chi connectivity index (χ2v) is 7.36. The molecule has 2 heterocycles. The summed E-state index contributed by atoms with van der Waals surface area (Å²) in [6, 6.07) is 4.43. The molecule has 3 heteroatoms. The number of aryl methyl sites for hydroxylation is 1. The topological polar surface area (TPSA) is 28.2 Å². The van der Waals surface area contributed by atoms with Gasteiger partial charge in [0.15, 0.2) is 0 Å². The average Bonchev–Trinajstić information content (AvgIpc) is 2.45. The predicted molar refractivity (Wildman–Crippen MR) is 90.8 cm³/mol. The monoisotopic (exact) mass is 289 g/mol. The number of anilines is 1. The molecule has 1 saturated heterocycles. The zero-order chi connectivity index (χ0) is 15.5. The summed E-state index contributed by atoms with van der Waals surface area (Å²) >= 11 is 0. The molecule has 1 aliphatic heterocycles. The third-order valence-electron chi connectivity index (χ3n) is 4.51. The van der Waals surface area contributed by atoms with Crippen LogP contribution in [0.3, 0.4) is 0 Å². The van der Waals surface area contributed by atoms with Gasteiger partial charge in [0.2, 0.25) is 0 Å². The Morgan fingerprint density at radius 1 is 1.24 bits per heavy atom. The van der Waals surface area contributed by atoms with E-state index in [-0.39, 0.29) is 5.54 Å². The molecule has 0 aliphatic carbocycles. The zero-order valence-electron chi connectivity index (χ0n) is 14.4. The van der Waals surface area contributed by atoms with Crippen molar-refractivity contribution in [2.45, 2.75) is 66.0 Å². The van der Waals surface area contributed by atoms with E-state index in [4.69, 9.17) is 4.98 Å². The Bertz CT molecular complexity index is 454. The van der Waals surface area contributed by atoms with Crippen molar-refractivity contribution < 1.29 is 0 Å². The van der Waals surface area contributed by atoms with Gasteiger partial charge in [0.05, 0.1) is 0 Å². The maximum atomic E-state index is 4.83. The Kier molecular flexibility index (Phi) is 5.26. The molecular weight excluding hydrogens is 258 g/mol. The van der Waals surface area contributed by atoms with Crippen LogP contribution >= 0.6 is 0 Å². The van der Waals surface area contributed by atoms with Crippen molar-refractivity contribution in [2.75, 3.05) is 18.0 Å². The number of hydrogen-bond donors (Lipinski definition) is 1. The molecule has 118 valence electrons. The van der Waals surface area contributed by atoms with E-state index in [2.05, 4.69) is 57.0 Å². The van der Waals surface area contributed by atoms with E-state index in [0.29, 0.717) is 0 Å². The molecule has 0 atom stereocenters. The van der Waals surface area contributed by atoms with Crippen LogP contribution in [-0.4, -0.2) is 23.6 Å². The van der Waals surface area contributed by atoms with Crippen LogP contribution in [0.1, 0.15) is 58.2 Å². The lowest BCUT2D eigenvalue weighted by atomic mass is 9.94. The van der Waals surface area contributed by atoms with Crippen LogP contribution in [0, 0.1) is 12.8 Å². The van der Waals surface area contributed by atoms with Crippen molar-refractivity contribution in [2.24, 2.45) is 5.92 Å². The predicted octanol–water partition coefficient (Wildman–Crippen LogP) is 3.90. The fourth-order valence-electron chi connectivity index (χ4n) is 2.87. The molecule has 0 saturated carbocycles. The molecule has 1 aromatic heterocycles. The fraction of sp³-hybridized carbons (Fsp3) is 0.722. The standard InChI is InChI=1S/C18H31N3/c1-6-15-9-11-21(12-10-15)17-8-7-16(14(2)20-17)13-19-18(3,4)5/h7-8,15,19H,6,9-13H2,1-5H3. The smallest absolute Gasteiger partial charge is 0.128 e. The molecule has 0 spiro atoms. The summed E-state index contributed by atoms with van der Waals surface area (Å²) in [6.07, 6.45) is 3.94. The summed E-state index contributed by atoms with van der Waals surface area (Å²) in [5.41, 5.74) is 2.60. The first-order valence-corrected chi connectivity index (χ1v) is 8.35. The maximum Gasteiger partial charge on any atom is 0.128 e. The van der Waals surface area contributed by atoms with Crippen LogP contribution in [0.25, 0.3) is 0 Å². The minimum atomic E-state index is 0.146. The molecule has 0 amide bonds. The zero-order valence-corrected chi connectivity index (χ0v) is 14.4. The van der Waals surface area contributed by atoms with Crippen LogP contribution in [0.5, 0.6) is 0 Å². The van der Waals surface area contributed by atoms with E-state index in [9.17, 15) is 0 Å². The summed E-state index contributed by atoms with van der Waals surface area (Å²) in [7, 11) is 0. The van der Waals surface area contributed by atoms with Crippen molar-refractivity contribution in [3.8, 4) is 0 Å². The van der Waals surface area contributed by atoms with E-state index < -0.39 is 0 Å². The largest absolute Gasteiger partial charge is 0.357 e. The number of aromatic nitrogens is 1. The molecule has 1 fully saturated rings. The average molecular weight is 289 g/mol. The van der Waals surface area contributed by atoms with Crippen LogP contribution in [0.4, 0.5) is 5.82 Å². The lowest BCUT2D eigenvalue weighted by Crippen LogP contribution is -2.36. The second kappa shape index (κ2) is 6.78. The highest BCUT2D eigenvalue weighted by Crippen LogP contribution is 2.24. The molecule has 0 aromatic carbocycles. The molecule has 0 bridgehead atoms. The highest BCUT2D eigenvalue weighted by molar-refractivity contribution is 5.42. The van der Waals surface area contributed by atoms with Crippen LogP contribution in [0.2, 0.25) is 0 Å².